The fraction of sp³-hybridized carbons (Fsp3) is 0.308. The van der Waals surface area contributed by atoms with Crippen molar-refractivity contribution in [1.29, 1.82) is 0 Å². The number of ether oxygens (including phenoxy) is 1. The summed E-state index contributed by atoms with van der Waals surface area (Å²) in [5, 5.41) is 8.47. The molecule has 0 aromatic heterocycles. The molecule has 0 aliphatic carbocycles. The Morgan fingerprint density at radius 1 is 1.53 bits per heavy atom. The van der Waals surface area contributed by atoms with Crippen LogP contribution >= 0.6 is 0 Å². The molecule has 0 bridgehead atoms. The molecule has 1 N–H and O–H groups in total. The maximum absolute atomic E-state index is 13.3. The van der Waals surface area contributed by atoms with Crippen LogP contribution in [0.2, 0.25) is 0 Å². The second-order valence-electron chi connectivity index (χ2n) is 3.58. The fourth-order valence-electron chi connectivity index (χ4n) is 1.31. The van der Waals surface area contributed by atoms with Gasteiger partial charge < -0.3 is 9.84 Å². The van der Waals surface area contributed by atoms with Crippen LogP contribution in [-0.4, -0.2) is 17.7 Å². The minimum Gasteiger partial charge on any atom is -0.478 e. The van der Waals surface area contributed by atoms with Gasteiger partial charge in [-0.1, -0.05) is 13.0 Å². The molecule has 0 saturated heterocycles. The molecule has 0 aliphatic heterocycles. The molecule has 0 saturated carbocycles. The average molecular weight is 238 g/mol. The van der Waals surface area contributed by atoms with Gasteiger partial charge in [0.15, 0.2) is 0 Å². The van der Waals surface area contributed by atoms with E-state index in [1.807, 2.05) is 6.92 Å². The van der Waals surface area contributed by atoms with Gasteiger partial charge in [0.05, 0.1) is 6.61 Å². The number of halogens is 1. The predicted octanol–water partition coefficient (Wildman–Crippen LogP) is 2.85. The lowest BCUT2D eigenvalue weighted by atomic mass is 10.1. The van der Waals surface area contributed by atoms with Gasteiger partial charge in [0.25, 0.3) is 0 Å². The van der Waals surface area contributed by atoms with Crippen molar-refractivity contribution in [2.24, 2.45) is 0 Å². The number of carboxylic acid groups (broad SMARTS) is 1. The van der Waals surface area contributed by atoms with Gasteiger partial charge in [-0.15, -0.1) is 0 Å². The number of benzene rings is 1. The lowest BCUT2D eigenvalue weighted by molar-refractivity contribution is -0.131. The SMILES string of the molecule is CCCOCc1ccc(F)c(/C=C/C(=O)O)c1. The highest BCUT2D eigenvalue weighted by atomic mass is 19.1. The zero-order valence-corrected chi connectivity index (χ0v) is 9.65. The number of carboxylic acids is 1. The highest BCUT2D eigenvalue weighted by molar-refractivity contribution is 5.85. The Balaban J connectivity index is 2.75. The average Bonchev–Trinajstić information content (AvgIpc) is 2.29. The van der Waals surface area contributed by atoms with Crippen LogP contribution in [0.3, 0.4) is 0 Å². The molecule has 4 heteroatoms. The maximum atomic E-state index is 13.3. The van der Waals surface area contributed by atoms with Crippen molar-refractivity contribution in [2.75, 3.05) is 6.61 Å². The van der Waals surface area contributed by atoms with Crippen LogP contribution in [0.1, 0.15) is 24.5 Å². The summed E-state index contributed by atoms with van der Waals surface area (Å²) in [5.74, 6) is -1.54. The van der Waals surface area contributed by atoms with E-state index in [1.54, 1.807) is 12.1 Å². The second-order valence-corrected chi connectivity index (χ2v) is 3.58. The Bertz CT molecular complexity index is 413. The molecule has 0 radical (unpaired) electrons. The Labute approximate surface area is 99.5 Å². The molecular weight excluding hydrogens is 223 g/mol. The molecule has 0 atom stereocenters. The van der Waals surface area contributed by atoms with Crippen LogP contribution in [0.15, 0.2) is 24.3 Å². The molecular formula is C13H15FO3. The van der Waals surface area contributed by atoms with Crippen LogP contribution < -0.4 is 0 Å². The summed E-state index contributed by atoms with van der Waals surface area (Å²) in [5.41, 5.74) is 1.08. The lowest BCUT2D eigenvalue weighted by Gasteiger charge is -2.04. The van der Waals surface area contributed by atoms with E-state index < -0.39 is 11.8 Å². The molecule has 1 rings (SSSR count). The zero-order chi connectivity index (χ0) is 12.7. The first-order chi connectivity index (χ1) is 8.13. The molecule has 0 heterocycles. The molecule has 0 aliphatic rings. The summed E-state index contributed by atoms with van der Waals surface area (Å²) in [6.07, 6.45) is 3.07. The number of rotatable bonds is 6. The van der Waals surface area contributed by atoms with Crippen LogP contribution in [0.5, 0.6) is 0 Å². The molecule has 3 nitrogen and oxygen atoms in total. The first kappa shape index (κ1) is 13.4. The van der Waals surface area contributed by atoms with Crippen molar-refractivity contribution in [3.63, 3.8) is 0 Å². The molecule has 0 fully saturated rings. The largest absolute Gasteiger partial charge is 0.478 e. The third-order valence-corrected chi connectivity index (χ3v) is 2.08. The van der Waals surface area contributed by atoms with Gasteiger partial charge in [0.1, 0.15) is 5.82 Å². The van der Waals surface area contributed by atoms with Crippen molar-refractivity contribution in [3.05, 3.63) is 41.2 Å². The Morgan fingerprint density at radius 2 is 2.29 bits per heavy atom. The Hall–Kier alpha value is -1.68. The van der Waals surface area contributed by atoms with Crippen molar-refractivity contribution in [2.45, 2.75) is 20.0 Å². The van der Waals surface area contributed by atoms with Crippen molar-refractivity contribution < 1.29 is 19.0 Å². The monoisotopic (exact) mass is 238 g/mol. The Morgan fingerprint density at radius 3 is 2.94 bits per heavy atom. The van der Waals surface area contributed by atoms with Gasteiger partial charge in [0, 0.05) is 18.2 Å². The van der Waals surface area contributed by atoms with E-state index in [4.69, 9.17) is 9.84 Å². The second kappa shape index (κ2) is 6.81. The third-order valence-electron chi connectivity index (χ3n) is 2.08. The van der Waals surface area contributed by atoms with Gasteiger partial charge >= 0.3 is 5.97 Å². The van der Waals surface area contributed by atoms with E-state index in [2.05, 4.69) is 0 Å². The molecule has 0 spiro atoms. The first-order valence-electron chi connectivity index (χ1n) is 5.40. The summed E-state index contributed by atoms with van der Waals surface area (Å²) < 4.78 is 18.6. The normalized spacial score (nSPS) is 10.9. The minimum absolute atomic E-state index is 0.255. The third kappa shape index (κ3) is 4.78. The van der Waals surface area contributed by atoms with E-state index in [1.165, 1.54) is 12.1 Å². The molecule has 92 valence electrons. The minimum atomic E-state index is -1.10. The summed E-state index contributed by atoms with van der Waals surface area (Å²) >= 11 is 0. The summed E-state index contributed by atoms with van der Waals surface area (Å²) in [6, 6.07) is 4.53. The highest BCUT2D eigenvalue weighted by Gasteiger charge is 2.01. The fourth-order valence-corrected chi connectivity index (χ4v) is 1.31. The van der Waals surface area contributed by atoms with Crippen molar-refractivity contribution in [3.8, 4) is 0 Å². The summed E-state index contributed by atoms with van der Waals surface area (Å²) in [6.45, 7) is 3.06. The molecule has 17 heavy (non-hydrogen) atoms. The topological polar surface area (TPSA) is 46.5 Å². The van der Waals surface area contributed by atoms with Crippen LogP contribution in [0.4, 0.5) is 4.39 Å². The number of carbonyl (C=O) groups is 1. The first-order valence-corrected chi connectivity index (χ1v) is 5.40. The quantitative estimate of drug-likeness (QED) is 0.612. The number of aliphatic carboxylic acids is 1. The molecule has 1 aromatic rings. The molecule has 0 unspecified atom stereocenters. The molecule has 1 aromatic carbocycles. The van der Waals surface area contributed by atoms with E-state index in [-0.39, 0.29) is 5.56 Å². The number of hydrogen-bond acceptors (Lipinski definition) is 2. The maximum Gasteiger partial charge on any atom is 0.328 e. The smallest absolute Gasteiger partial charge is 0.328 e. The van der Waals surface area contributed by atoms with E-state index >= 15 is 0 Å². The highest BCUT2D eigenvalue weighted by Crippen LogP contribution is 2.13. The summed E-state index contributed by atoms with van der Waals surface area (Å²) in [7, 11) is 0. The van der Waals surface area contributed by atoms with Gasteiger partial charge in [0.2, 0.25) is 0 Å². The predicted molar refractivity (Wildman–Crippen MR) is 63.0 cm³/mol. The van der Waals surface area contributed by atoms with Crippen LogP contribution in [0.25, 0.3) is 6.08 Å². The number of hydrogen-bond donors (Lipinski definition) is 1. The van der Waals surface area contributed by atoms with Crippen molar-refractivity contribution in [1.82, 2.24) is 0 Å². The van der Waals surface area contributed by atoms with E-state index in [9.17, 15) is 9.18 Å². The Kier molecular flexibility index (Phi) is 5.36. The summed E-state index contributed by atoms with van der Waals surface area (Å²) in [4.78, 5) is 10.3. The van der Waals surface area contributed by atoms with Crippen LogP contribution in [-0.2, 0) is 16.1 Å². The van der Waals surface area contributed by atoms with Gasteiger partial charge in [-0.2, -0.15) is 0 Å². The molecule has 0 amide bonds. The zero-order valence-electron chi connectivity index (χ0n) is 9.65. The van der Waals surface area contributed by atoms with Crippen LogP contribution in [0, 0.1) is 5.82 Å². The van der Waals surface area contributed by atoms with Crippen molar-refractivity contribution >= 4 is 12.0 Å². The lowest BCUT2D eigenvalue weighted by Crippen LogP contribution is -1.95. The van der Waals surface area contributed by atoms with E-state index in [0.29, 0.717) is 13.2 Å². The van der Waals surface area contributed by atoms with Gasteiger partial charge in [-0.3, -0.25) is 0 Å². The van der Waals surface area contributed by atoms with Gasteiger partial charge in [-0.25, -0.2) is 9.18 Å². The standard InChI is InChI=1S/C13H15FO3/c1-2-7-17-9-10-3-5-12(14)11(8-10)4-6-13(15)16/h3-6,8H,2,7,9H2,1H3,(H,15,16)/b6-4+. The van der Waals surface area contributed by atoms with E-state index in [0.717, 1.165) is 18.1 Å². The van der Waals surface area contributed by atoms with Gasteiger partial charge in [-0.05, 0) is 30.2 Å².